The van der Waals surface area contributed by atoms with Gasteiger partial charge in [0, 0.05) is 11.1 Å². The minimum absolute atomic E-state index is 0.0493. The second-order valence-corrected chi connectivity index (χ2v) is 6.47. The summed E-state index contributed by atoms with van der Waals surface area (Å²) in [4.78, 5) is 37.0. The van der Waals surface area contributed by atoms with Gasteiger partial charge in [-0.2, -0.15) is 0 Å². The zero-order chi connectivity index (χ0) is 16.5. The van der Waals surface area contributed by atoms with Crippen molar-refractivity contribution >= 4 is 34.8 Å². The maximum Gasteiger partial charge on any atom is 0.294 e. The van der Waals surface area contributed by atoms with Gasteiger partial charge in [-0.05, 0) is 19.1 Å². The predicted molar refractivity (Wildman–Crippen MR) is 80.0 cm³/mol. The molecule has 0 saturated carbocycles. The van der Waals surface area contributed by atoms with E-state index in [4.69, 9.17) is 16.3 Å². The molecule has 3 aliphatic rings. The van der Waals surface area contributed by atoms with Gasteiger partial charge in [0.1, 0.15) is 5.69 Å². The number of amides is 2. The summed E-state index contributed by atoms with van der Waals surface area (Å²) in [6, 6.07) is 3.88. The van der Waals surface area contributed by atoms with Gasteiger partial charge >= 0.3 is 0 Å². The summed E-state index contributed by atoms with van der Waals surface area (Å²) >= 11 is 5.79. The number of hydrogen-bond donors (Lipinski definition) is 0. The van der Waals surface area contributed by atoms with E-state index >= 15 is 0 Å². The Labute approximate surface area is 135 Å². The number of nitrogens with zero attached hydrogens (tertiary/aromatic N) is 2. The third-order valence-electron chi connectivity index (χ3n) is 4.70. The highest BCUT2D eigenvalue weighted by molar-refractivity contribution is 6.31. The van der Waals surface area contributed by atoms with Crippen LogP contribution in [-0.2, 0) is 14.3 Å². The number of benzene rings is 1. The van der Waals surface area contributed by atoms with Crippen LogP contribution in [0.25, 0.3) is 0 Å². The van der Waals surface area contributed by atoms with Crippen LogP contribution in [-0.4, -0.2) is 28.4 Å². The Morgan fingerprint density at radius 1 is 1.35 bits per heavy atom. The first-order valence-electron chi connectivity index (χ1n) is 7.02. The number of anilines is 1. The Morgan fingerprint density at radius 2 is 2.09 bits per heavy atom. The molecule has 8 heteroatoms. The fourth-order valence-corrected chi connectivity index (χ4v) is 3.89. The molecule has 4 rings (SSSR count). The molecule has 0 aliphatic carbocycles. The van der Waals surface area contributed by atoms with Crippen LogP contribution in [0.2, 0.25) is 5.02 Å². The monoisotopic (exact) mass is 334 g/mol. The Hall–Kier alpha value is -2.25. The van der Waals surface area contributed by atoms with Crippen molar-refractivity contribution in [1.82, 2.24) is 0 Å². The minimum atomic E-state index is -0.835. The van der Waals surface area contributed by atoms with Crippen LogP contribution in [0.1, 0.15) is 6.92 Å². The van der Waals surface area contributed by atoms with Crippen LogP contribution in [0, 0.1) is 22.0 Å². The number of fused-ring (bicyclic) bond motifs is 5. The van der Waals surface area contributed by atoms with Crippen LogP contribution in [0.4, 0.5) is 11.4 Å². The molecule has 0 unspecified atom stereocenters. The Balaban J connectivity index is 1.83. The van der Waals surface area contributed by atoms with Crippen molar-refractivity contribution < 1.29 is 19.2 Å². The summed E-state index contributed by atoms with van der Waals surface area (Å²) in [7, 11) is 0. The van der Waals surface area contributed by atoms with Crippen LogP contribution in [0.5, 0.6) is 0 Å². The molecule has 0 spiro atoms. The molecule has 0 aromatic heterocycles. The van der Waals surface area contributed by atoms with E-state index in [1.807, 2.05) is 0 Å². The fraction of sp³-hybridized carbons (Fsp3) is 0.333. The number of imide groups is 1. The summed E-state index contributed by atoms with van der Waals surface area (Å²) in [5.74, 6) is -2.23. The molecular weight excluding hydrogens is 324 g/mol. The highest BCUT2D eigenvalue weighted by Gasteiger charge is 2.66. The number of carbonyl (C=O) groups excluding carboxylic acids is 2. The van der Waals surface area contributed by atoms with Gasteiger partial charge in [-0.15, -0.1) is 0 Å². The molecule has 0 radical (unpaired) electrons. The van der Waals surface area contributed by atoms with Crippen molar-refractivity contribution in [2.24, 2.45) is 11.8 Å². The van der Waals surface area contributed by atoms with Crippen molar-refractivity contribution in [3.63, 3.8) is 0 Å². The molecule has 2 saturated heterocycles. The first-order valence-corrected chi connectivity index (χ1v) is 7.40. The second-order valence-electron chi connectivity index (χ2n) is 6.03. The molecule has 3 heterocycles. The molecule has 1 aromatic rings. The quantitative estimate of drug-likeness (QED) is 0.357. The number of rotatable bonds is 2. The predicted octanol–water partition coefficient (Wildman–Crippen LogP) is 2.08. The lowest BCUT2D eigenvalue weighted by Gasteiger charge is -2.24. The Kier molecular flexibility index (Phi) is 2.74. The first-order chi connectivity index (χ1) is 10.8. The summed E-state index contributed by atoms with van der Waals surface area (Å²) in [6.45, 7) is 1.75. The summed E-state index contributed by atoms with van der Waals surface area (Å²) < 4.78 is 5.71. The maximum atomic E-state index is 12.8. The van der Waals surface area contributed by atoms with Gasteiger partial charge in [0.25, 0.3) is 5.69 Å². The third kappa shape index (κ3) is 1.74. The zero-order valence-electron chi connectivity index (χ0n) is 11.9. The summed E-state index contributed by atoms with van der Waals surface area (Å²) in [5, 5.41) is 11.4. The molecule has 0 N–H and O–H groups in total. The van der Waals surface area contributed by atoms with Gasteiger partial charge < -0.3 is 4.74 Å². The number of nitro benzene ring substituents is 1. The van der Waals surface area contributed by atoms with E-state index in [-0.39, 0.29) is 16.4 Å². The van der Waals surface area contributed by atoms with Crippen LogP contribution in [0.3, 0.4) is 0 Å². The standard InChI is InChI=1S/C15H11ClN2O5/c1-15-5-4-10(23-15)11-12(15)14(20)17(13(11)19)8-3-2-7(16)6-9(8)18(21)22/h2-6,10-12H,1H3/t10-,11-,12-,15+/m1/s1. The molecule has 3 aliphatic heterocycles. The topological polar surface area (TPSA) is 89.8 Å². The van der Waals surface area contributed by atoms with Crippen molar-refractivity contribution in [3.8, 4) is 0 Å². The number of hydrogen-bond acceptors (Lipinski definition) is 5. The zero-order valence-corrected chi connectivity index (χ0v) is 12.7. The van der Waals surface area contributed by atoms with Crippen molar-refractivity contribution in [3.05, 3.63) is 45.5 Å². The number of carbonyl (C=O) groups is 2. The maximum absolute atomic E-state index is 12.8. The van der Waals surface area contributed by atoms with E-state index < -0.39 is 40.3 Å². The van der Waals surface area contributed by atoms with E-state index in [0.29, 0.717) is 0 Å². The van der Waals surface area contributed by atoms with Gasteiger partial charge in [-0.1, -0.05) is 23.8 Å². The number of halogens is 1. The Bertz CT molecular complexity index is 807. The van der Waals surface area contributed by atoms with Crippen molar-refractivity contribution in [2.45, 2.75) is 18.6 Å². The third-order valence-corrected chi connectivity index (χ3v) is 4.94. The molecule has 2 amide bonds. The molecule has 118 valence electrons. The lowest BCUT2D eigenvalue weighted by Crippen LogP contribution is -2.38. The van der Waals surface area contributed by atoms with E-state index in [9.17, 15) is 19.7 Å². The van der Waals surface area contributed by atoms with Gasteiger partial charge in [0.15, 0.2) is 0 Å². The van der Waals surface area contributed by atoms with Gasteiger partial charge in [0.05, 0.1) is 28.5 Å². The normalized spacial score (nSPS) is 34.3. The van der Waals surface area contributed by atoms with Crippen LogP contribution < -0.4 is 4.90 Å². The first kappa shape index (κ1) is 14.3. The van der Waals surface area contributed by atoms with E-state index in [1.165, 1.54) is 12.1 Å². The number of nitro groups is 1. The second kappa shape index (κ2) is 4.39. The van der Waals surface area contributed by atoms with Crippen molar-refractivity contribution in [2.75, 3.05) is 4.90 Å². The van der Waals surface area contributed by atoms with E-state index in [1.54, 1.807) is 19.1 Å². The minimum Gasteiger partial charge on any atom is -0.362 e. The van der Waals surface area contributed by atoms with Crippen molar-refractivity contribution in [1.29, 1.82) is 0 Å². The molecule has 7 nitrogen and oxygen atoms in total. The SMILES string of the molecule is C[C@@]12C=C[C@@H](O1)[C@H]1C(=O)N(c3ccc(Cl)cc3[N+](=O)[O-])C(=O)[C@@H]12. The van der Waals surface area contributed by atoms with Gasteiger partial charge in [-0.3, -0.25) is 19.7 Å². The average molecular weight is 335 g/mol. The summed E-state index contributed by atoms with van der Waals surface area (Å²) in [6.07, 6.45) is 3.09. The number of ether oxygens (including phenoxy) is 1. The van der Waals surface area contributed by atoms with E-state index in [0.717, 1.165) is 11.0 Å². The van der Waals surface area contributed by atoms with E-state index in [2.05, 4.69) is 0 Å². The summed E-state index contributed by atoms with van der Waals surface area (Å²) in [5.41, 5.74) is -1.25. The molecule has 23 heavy (non-hydrogen) atoms. The largest absolute Gasteiger partial charge is 0.362 e. The molecular formula is C15H11ClN2O5. The Morgan fingerprint density at radius 3 is 2.74 bits per heavy atom. The van der Waals surface area contributed by atoms with Crippen LogP contribution in [0.15, 0.2) is 30.4 Å². The van der Waals surface area contributed by atoms with Gasteiger partial charge in [-0.25, -0.2) is 4.90 Å². The average Bonchev–Trinajstić information content (AvgIpc) is 3.09. The molecule has 4 atom stereocenters. The fourth-order valence-electron chi connectivity index (χ4n) is 3.72. The highest BCUT2D eigenvalue weighted by Crippen LogP contribution is 2.53. The smallest absolute Gasteiger partial charge is 0.294 e. The highest BCUT2D eigenvalue weighted by atomic mass is 35.5. The van der Waals surface area contributed by atoms with Crippen LogP contribution >= 0.6 is 11.6 Å². The van der Waals surface area contributed by atoms with Gasteiger partial charge in [0.2, 0.25) is 11.8 Å². The lowest BCUT2D eigenvalue weighted by atomic mass is 9.78. The lowest BCUT2D eigenvalue weighted by molar-refractivity contribution is -0.384. The molecule has 2 fully saturated rings. The molecule has 2 bridgehead atoms. The molecule has 1 aromatic carbocycles.